The lowest BCUT2D eigenvalue weighted by atomic mass is 10.3. The fraction of sp³-hybridized carbons (Fsp3) is 0.800. The van der Waals surface area contributed by atoms with Gasteiger partial charge in [-0.05, 0) is 50.4 Å². The lowest BCUT2D eigenvalue weighted by Gasteiger charge is -2.21. The zero-order chi connectivity index (χ0) is 12.7. The summed E-state index contributed by atoms with van der Waals surface area (Å²) >= 11 is 1.90. The van der Waals surface area contributed by atoms with Crippen molar-refractivity contribution in [2.45, 2.75) is 51.1 Å². The van der Waals surface area contributed by atoms with E-state index in [2.05, 4.69) is 21.4 Å². The topological polar surface area (TPSA) is 28.2 Å². The molecule has 0 saturated heterocycles. The molecule has 3 nitrogen and oxygen atoms in total. The van der Waals surface area contributed by atoms with E-state index in [-0.39, 0.29) is 0 Å². The molecule has 4 heteroatoms. The van der Waals surface area contributed by atoms with Crippen LogP contribution < -0.4 is 10.2 Å². The second kappa shape index (κ2) is 5.06. The van der Waals surface area contributed by atoms with Gasteiger partial charge in [0, 0.05) is 36.8 Å². The third-order valence-electron chi connectivity index (χ3n) is 4.31. The molecular formula is C15H23N3S. The van der Waals surface area contributed by atoms with Crippen LogP contribution in [0.4, 0.5) is 5.13 Å². The van der Waals surface area contributed by atoms with Crippen LogP contribution in [0.1, 0.15) is 43.4 Å². The first-order chi connectivity index (χ1) is 9.37. The van der Waals surface area contributed by atoms with Gasteiger partial charge in [-0.2, -0.15) is 0 Å². The van der Waals surface area contributed by atoms with Crippen LogP contribution in [-0.4, -0.2) is 24.1 Å². The minimum Gasteiger partial charge on any atom is -0.348 e. The van der Waals surface area contributed by atoms with Crippen molar-refractivity contribution in [1.29, 1.82) is 0 Å². The Balaban J connectivity index is 1.38. The van der Waals surface area contributed by atoms with Crippen molar-refractivity contribution in [2.75, 3.05) is 18.0 Å². The number of nitrogens with zero attached hydrogens (tertiary/aromatic N) is 2. The average Bonchev–Trinajstić information content (AvgIpc) is 3.24. The van der Waals surface area contributed by atoms with E-state index >= 15 is 0 Å². The number of thiazole rings is 1. The first-order valence-corrected chi connectivity index (χ1v) is 8.61. The summed E-state index contributed by atoms with van der Waals surface area (Å²) in [5, 5.41) is 4.85. The monoisotopic (exact) mass is 277 g/mol. The summed E-state index contributed by atoms with van der Waals surface area (Å²) in [6.07, 6.45) is 10.5. The molecule has 3 aliphatic rings. The van der Waals surface area contributed by atoms with Crippen LogP contribution in [-0.2, 0) is 6.54 Å². The molecule has 3 saturated carbocycles. The van der Waals surface area contributed by atoms with Crippen molar-refractivity contribution < 1.29 is 0 Å². The van der Waals surface area contributed by atoms with Gasteiger partial charge < -0.3 is 10.2 Å². The standard InChI is InChI=1S/C15H23N3S/c1-2-11(1)9-18(10-12-3-4-12)15-17-8-14(19-15)7-16-13-5-6-13/h8,11-13,16H,1-7,9-10H2. The fourth-order valence-electron chi connectivity index (χ4n) is 2.51. The highest BCUT2D eigenvalue weighted by molar-refractivity contribution is 7.15. The molecule has 0 aliphatic heterocycles. The Morgan fingerprint density at radius 1 is 1.11 bits per heavy atom. The van der Waals surface area contributed by atoms with Crippen molar-refractivity contribution in [3.8, 4) is 0 Å². The number of nitrogens with one attached hydrogen (secondary N) is 1. The van der Waals surface area contributed by atoms with Gasteiger partial charge in [-0.3, -0.25) is 0 Å². The minimum absolute atomic E-state index is 0.791. The smallest absolute Gasteiger partial charge is 0.185 e. The second-order valence-corrected chi connectivity index (χ2v) is 7.65. The van der Waals surface area contributed by atoms with Gasteiger partial charge in [0.1, 0.15) is 0 Å². The van der Waals surface area contributed by atoms with Gasteiger partial charge in [-0.15, -0.1) is 11.3 Å². The van der Waals surface area contributed by atoms with Crippen LogP contribution in [0.25, 0.3) is 0 Å². The van der Waals surface area contributed by atoms with Crippen molar-refractivity contribution in [3.63, 3.8) is 0 Å². The maximum Gasteiger partial charge on any atom is 0.185 e. The van der Waals surface area contributed by atoms with E-state index in [0.717, 1.165) is 24.4 Å². The number of aromatic nitrogens is 1. The van der Waals surface area contributed by atoms with Gasteiger partial charge in [0.05, 0.1) is 0 Å². The molecule has 0 amide bonds. The molecule has 0 bridgehead atoms. The molecule has 1 aromatic heterocycles. The molecule has 0 aromatic carbocycles. The summed E-state index contributed by atoms with van der Waals surface area (Å²) in [6.45, 7) is 3.52. The van der Waals surface area contributed by atoms with Crippen LogP contribution >= 0.6 is 11.3 Å². The Morgan fingerprint density at radius 3 is 2.37 bits per heavy atom. The number of hydrogen-bond donors (Lipinski definition) is 1. The fourth-order valence-corrected chi connectivity index (χ4v) is 3.39. The van der Waals surface area contributed by atoms with Crippen molar-refractivity contribution in [2.24, 2.45) is 11.8 Å². The largest absolute Gasteiger partial charge is 0.348 e. The van der Waals surface area contributed by atoms with Gasteiger partial charge in [0.2, 0.25) is 0 Å². The molecule has 3 aliphatic carbocycles. The van der Waals surface area contributed by atoms with Crippen LogP contribution in [0.2, 0.25) is 0 Å². The SMILES string of the molecule is c1nc(N(CC2CC2)CC2CC2)sc1CNC1CC1. The average molecular weight is 277 g/mol. The van der Waals surface area contributed by atoms with E-state index in [1.54, 1.807) is 0 Å². The summed E-state index contributed by atoms with van der Waals surface area (Å²) in [5.41, 5.74) is 0. The third-order valence-corrected chi connectivity index (χ3v) is 5.36. The van der Waals surface area contributed by atoms with Crippen molar-refractivity contribution in [1.82, 2.24) is 10.3 Å². The molecule has 0 atom stereocenters. The summed E-state index contributed by atoms with van der Waals surface area (Å²) in [6, 6.07) is 0.791. The van der Waals surface area contributed by atoms with E-state index in [0.29, 0.717) is 0 Å². The van der Waals surface area contributed by atoms with Crippen molar-refractivity contribution in [3.05, 3.63) is 11.1 Å². The van der Waals surface area contributed by atoms with E-state index in [1.165, 1.54) is 61.6 Å². The van der Waals surface area contributed by atoms with E-state index < -0.39 is 0 Å². The van der Waals surface area contributed by atoms with Gasteiger partial charge in [-0.1, -0.05) is 0 Å². The summed E-state index contributed by atoms with van der Waals surface area (Å²) in [4.78, 5) is 8.65. The molecule has 0 radical (unpaired) electrons. The highest BCUT2D eigenvalue weighted by atomic mass is 32.1. The highest BCUT2D eigenvalue weighted by Gasteiger charge is 2.30. The molecule has 19 heavy (non-hydrogen) atoms. The predicted molar refractivity (Wildman–Crippen MR) is 79.6 cm³/mol. The van der Waals surface area contributed by atoms with Crippen LogP contribution in [0.15, 0.2) is 6.20 Å². The van der Waals surface area contributed by atoms with E-state index in [4.69, 9.17) is 0 Å². The Hall–Kier alpha value is -0.610. The maximum atomic E-state index is 4.68. The molecule has 1 N–H and O–H groups in total. The minimum atomic E-state index is 0.791. The van der Waals surface area contributed by atoms with Crippen LogP contribution in [0.5, 0.6) is 0 Å². The van der Waals surface area contributed by atoms with E-state index in [9.17, 15) is 0 Å². The van der Waals surface area contributed by atoms with E-state index in [1.807, 2.05) is 11.3 Å². The molecular weight excluding hydrogens is 254 g/mol. The van der Waals surface area contributed by atoms with Crippen LogP contribution in [0, 0.1) is 11.8 Å². The zero-order valence-corrected chi connectivity index (χ0v) is 12.3. The first kappa shape index (κ1) is 12.2. The predicted octanol–water partition coefficient (Wildman–Crippen LogP) is 3.02. The number of hydrogen-bond acceptors (Lipinski definition) is 4. The Morgan fingerprint density at radius 2 is 1.79 bits per heavy atom. The Labute approximate surface area is 119 Å². The molecule has 1 heterocycles. The number of rotatable bonds is 8. The van der Waals surface area contributed by atoms with Gasteiger partial charge >= 0.3 is 0 Å². The van der Waals surface area contributed by atoms with Crippen molar-refractivity contribution >= 4 is 16.5 Å². The lowest BCUT2D eigenvalue weighted by molar-refractivity contribution is 0.677. The number of anilines is 1. The van der Waals surface area contributed by atoms with Gasteiger partial charge in [0.25, 0.3) is 0 Å². The molecule has 3 fully saturated rings. The van der Waals surface area contributed by atoms with Gasteiger partial charge in [-0.25, -0.2) is 4.98 Å². The molecule has 1 aromatic rings. The molecule has 104 valence electrons. The highest BCUT2D eigenvalue weighted by Crippen LogP contribution is 2.36. The zero-order valence-electron chi connectivity index (χ0n) is 11.5. The van der Waals surface area contributed by atoms with Gasteiger partial charge in [0.15, 0.2) is 5.13 Å². The maximum absolute atomic E-state index is 4.68. The summed E-state index contributed by atoms with van der Waals surface area (Å²) in [5.74, 6) is 1.91. The Kier molecular flexibility index (Phi) is 3.24. The second-order valence-electron chi connectivity index (χ2n) is 6.56. The Bertz CT molecular complexity index is 418. The molecule has 0 spiro atoms. The van der Waals surface area contributed by atoms with Crippen LogP contribution in [0.3, 0.4) is 0 Å². The summed E-state index contributed by atoms with van der Waals surface area (Å²) in [7, 11) is 0. The normalized spacial score (nSPS) is 22.7. The lowest BCUT2D eigenvalue weighted by Crippen LogP contribution is -2.27. The summed E-state index contributed by atoms with van der Waals surface area (Å²) < 4.78 is 0. The third kappa shape index (κ3) is 3.48. The quantitative estimate of drug-likeness (QED) is 0.791. The molecule has 0 unspecified atom stereocenters. The molecule has 4 rings (SSSR count). The first-order valence-electron chi connectivity index (χ1n) is 7.80.